The Kier molecular flexibility index (Phi) is 9.19. The highest BCUT2D eigenvalue weighted by Crippen LogP contribution is 1.93. The molecular formula is C7H17NO3Si. The lowest BCUT2D eigenvalue weighted by Gasteiger charge is -2.14. The molecule has 0 aromatic heterocycles. The molecule has 0 atom stereocenters. The summed E-state index contributed by atoms with van der Waals surface area (Å²) in [5.41, 5.74) is 5.26. The number of nitrogens with two attached hydrogens (primary N) is 1. The van der Waals surface area contributed by atoms with Crippen molar-refractivity contribution in [1.82, 2.24) is 0 Å². The summed E-state index contributed by atoms with van der Waals surface area (Å²) in [7, 11) is 0.219. The summed E-state index contributed by atoms with van der Waals surface area (Å²) in [6.07, 6.45) is 0. The highest BCUT2D eigenvalue weighted by atomic mass is 28.2. The van der Waals surface area contributed by atoms with E-state index in [-0.39, 0.29) is 15.7 Å². The van der Waals surface area contributed by atoms with Gasteiger partial charge in [0.15, 0.2) is 5.91 Å². The van der Waals surface area contributed by atoms with Crippen LogP contribution in [-0.2, 0) is 13.9 Å². The van der Waals surface area contributed by atoms with Gasteiger partial charge in [0.05, 0.1) is 0 Å². The first-order valence-electron chi connectivity index (χ1n) is 4.15. The van der Waals surface area contributed by atoms with Crippen molar-refractivity contribution in [2.45, 2.75) is 19.8 Å². The van der Waals surface area contributed by atoms with E-state index in [1.807, 2.05) is 13.8 Å². The molecular weight excluding hydrogens is 174 g/mol. The van der Waals surface area contributed by atoms with E-state index in [1.54, 1.807) is 0 Å². The van der Waals surface area contributed by atoms with Gasteiger partial charge in [0.2, 0.25) is 0 Å². The van der Waals surface area contributed by atoms with Crippen LogP contribution in [0.4, 0.5) is 0 Å². The van der Waals surface area contributed by atoms with Crippen molar-refractivity contribution in [1.29, 1.82) is 0 Å². The first kappa shape index (κ1) is 12.1. The molecule has 0 aromatic carbocycles. The summed E-state index contributed by atoms with van der Waals surface area (Å²) < 4.78 is 15.7. The maximum Gasteiger partial charge on any atom is 0.299 e. The molecule has 0 aliphatic heterocycles. The fraction of sp³-hybridized carbons (Fsp3) is 1.00. The predicted molar refractivity (Wildman–Crippen MR) is 47.8 cm³/mol. The third-order valence-corrected chi connectivity index (χ3v) is 1.93. The van der Waals surface area contributed by atoms with Crippen LogP contribution in [-0.4, -0.2) is 42.0 Å². The quantitative estimate of drug-likeness (QED) is 0.332. The summed E-state index contributed by atoms with van der Waals surface area (Å²) in [5.74, 6) is -0.216. The zero-order chi connectivity index (χ0) is 9.23. The van der Waals surface area contributed by atoms with Crippen molar-refractivity contribution < 1.29 is 13.9 Å². The van der Waals surface area contributed by atoms with Crippen LogP contribution < -0.4 is 5.73 Å². The molecule has 5 heteroatoms. The van der Waals surface area contributed by atoms with Gasteiger partial charge in [-0.2, -0.15) is 0 Å². The highest BCUT2D eigenvalue weighted by molar-refractivity contribution is 6.28. The van der Waals surface area contributed by atoms with Gasteiger partial charge < -0.3 is 19.6 Å². The van der Waals surface area contributed by atoms with Crippen LogP contribution >= 0.6 is 0 Å². The average Bonchev–Trinajstić information content (AvgIpc) is 2.06. The zero-order valence-electron chi connectivity index (χ0n) is 7.71. The van der Waals surface area contributed by atoms with E-state index in [4.69, 9.17) is 19.6 Å². The fourth-order valence-electron chi connectivity index (χ4n) is 0.605. The van der Waals surface area contributed by atoms with Gasteiger partial charge in [-0.3, -0.25) is 0 Å². The Morgan fingerprint density at radius 3 is 2.25 bits per heavy atom. The zero-order valence-corrected chi connectivity index (χ0v) is 8.71. The maximum atomic E-state index is 5.26. The van der Waals surface area contributed by atoms with Crippen molar-refractivity contribution >= 4 is 9.76 Å². The van der Waals surface area contributed by atoms with Crippen molar-refractivity contribution in [2.75, 3.05) is 26.4 Å². The molecule has 72 valence electrons. The summed E-state index contributed by atoms with van der Waals surface area (Å²) in [5, 5.41) is 0. The summed E-state index contributed by atoms with van der Waals surface area (Å²) in [6, 6.07) is 0. The predicted octanol–water partition coefficient (Wildman–Crippen LogP) is -0.0625. The third-order valence-electron chi connectivity index (χ3n) is 1.04. The van der Waals surface area contributed by atoms with Crippen LogP contribution in [0.5, 0.6) is 0 Å². The molecule has 12 heavy (non-hydrogen) atoms. The molecule has 0 saturated carbocycles. The molecule has 2 radical (unpaired) electrons. The molecule has 0 aliphatic rings. The summed E-state index contributed by atoms with van der Waals surface area (Å²) >= 11 is 0. The minimum absolute atomic E-state index is 0.216. The van der Waals surface area contributed by atoms with E-state index in [2.05, 4.69) is 0 Å². The van der Waals surface area contributed by atoms with Crippen LogP contribution in [0, 0.1) is 0 Å². The van der Waals surface area contributed by atoms with E-state index in [0.717, 1.165) is 0 Å². The van der Waals surface area contributed by atoms with E-state index < -0.39 is 0 Å². The Morgan fingerprint density at radius 1 is 1.25 bits per heavy atom. The maximum absolute atomic E-state index is 5.26. The van der Waals surface area contributed by atoms with Crippen molar-refractivity contribution in [3.05, 3.63) is 0 Å². The molecule has 0 rings (SSSR count). The first-order chi connectivity index (χ1) is 5.85. The van der Waals surface area contributed by atoms with Crippen LogP contribution in [0.1, 0.15) is 13.8 Å². The number of rotatable bonds is 8. The smallest absolute Gasteiger partial charge is 0.299 e. The molecule has 0 spiro atoms. The second-order valence-corrected chi connectivity index (χ2v) is 2.99. The van der Waals surface area contributed by atoms with E-state index in [1.165, 1.54) is 0 Å². The minimum atomic E-state index is -0.216. The van der Waals surface area contributed by atoms with E-state index in [0.29, 0.717) is 26.4 Å². The number of ether oxygens (including phenoxy) is 2. The van der Waals surface area contributed by atoms with Crippen molar-refractivity contribution in [2.24, 2.45) is 5.73 Å². The first-order valence-corrected chi connectivity index (χ1v) is 5.14. The monoisotopic (exact) mass is 191 g/mol. The molecule has 0 unspecified atom stereocenters. The van der Waals surface area contributed by atoms with Gasteiger partial charge in [-0.15, -0.1) is 0 Å². The van der Waals surface area contributed by atoms with Gasteiger partial charge in [-0.25, -0.2) is 0 Å². The van der Waals surface area contributed by atoms with Crippen LogP contribution in [0.2, 0.25) is 0 Å². The number of hydrogen-bond donors (Lipinski definition) is 1. The molecule has 4 nitrogen and oxygen atoms in total. The molecule has 0 aliphatic carbocycles. The molecule has 0 amide bonds. The van der Waals surface area contributed by atoms with Gasteiger partial charge in [0, 0.05) is 26.4 Å². The Bertz CT molecular complexity index is 88.7. The lowest BCUT2D eigenvalue weighted by atomic mass is 10.8. The summed E-state index contributed by atoms with van der Waals surface area (Å²) in [4.78, 5) is 0. The SMILES string of the molecule is CCOC(OCC)[Si]OCCN. The van der Waals surface area contributed by atoms with Gasteiger partial charge in [0.25, 0.3) is 9.76 Å². The standard InChI is InChI=1S/C7H17NO3Si/c1-3-9-7(10-4-2)12-11-6-5-8/h7H,3-6,8H2,1-2H3. The minimum Gasteiger partial charge on any atom is -0.411 e. The Hall–Kier alpha value is 0.0569. The number of hydrogen-bond acceptors (Lipinski definition) is 4. The lowest BCUT2D eigenvalue weighted by Crippen LogP contribution is -2.28. The average molecular weight is 191 g/mol. The molecule has 0 bridgehead atoms. The van der Waals surface area contributed by atoms with E-state index >= 15 is 0 Å². The second-order valence-electron chi connectivity index (χ2n) is 2.00. The van der Waals surface area contributed by atoms with E-state index in [9.17, 15) is 0 Å². The highest BCUT2D eigenvalue weighted by Gasteiger charge is 2.09. The molecule has 0 aromatic rings. The normalized spacial score (nSPS) is 11.0. The van der Waals surface area contributed by atoms with Crippen LogP contribution in [0.3, 0.4) is 0 Å². The largest absolute Gasteiger partial charge is 0.411 e. The third kappa shape index (κ3) is 6.75. The van der Waals surface area contributed by atoms with Crippen molar-refractivity contribution in [3.63, 3.8) is 0 Å². The second kappa shape index (κ2) is 9.15. The molecule has 0 saturated heterocycles. The molecule has 0 heterocycles. The van der Waals surface area contributed by atoms with Gasteiger partial charge in [0.1, 0.15) is 0 Å². The Labute approximate surface area is 76.3 Å². The Balaban J connectivity index is 3.34. The molecule has 0 fully saturated rings. The van der Waals surface area contributed by atoms with Gasteiger partial charge in [-0.05, 0) is 13.8 Å². The van der Waals surface area contributed by atoms with Gasteiger partial charge in [-0.1, -0.05) is 0 Å². The van der Waals surface area contributed by atoms with Crippen molar-refractivity contribution in [3.8, 4) is 0 Å². The molecule has 2 N–H and O–H groups in total. The summed E-state index contributed by atoms with van der Waals surface area (Å²) in [6.45, 7) is 6.25. The lowest BCUT2D eigenvalue weighted by molar-refractivity contribution is -0.0898. The fourth-order valence-corrected chi connectivity index (χ4v) is 1.45. The topological polar surface area (TPSA) is 53.7 Å². The van der Waals surface area contributed by atoms with Crippen LogP contribution in [0.15, 0.2) is 0 Å². The van der Waals surface area contributed by atoms with Crippen LogP contribution in [0.25, 0.3) is 0 Å². The van der Waals surface area contributed by atoms with Gasteiger partial charge >= 0.3 is 0 Å². The Morgan fingerprint density at radius 2 is 1.83 bits per heavy atom.